The second-order valence-electron chi connectivity index (χ2n) is 6.44. The summed E-state index contributed by atoms with van der Waals surface area (Å²) in [7, 11) is 1.87. The molecule has 1 aliphatic rings. The molecule has 7 heteroatoms. The van der Waals surface area contributed by atoms with E-state index in [1.165, 1.54) is 4.90 Å². The van der Waals surface area contributed by atoms with Gasteiger partial charge < -0.3 is 10.2 Å². The number of thioether (sulfide) groups is 1. The first-order valence-corrected chi connectivity index (χ1v) is 9.93. The monoisotopic (exact) mass is 384 g/mol. The third kappa shape index (κ3) is 4.20. The Hall–Kier alpha value is -2.64. The van der Waals surface area contributed by atoms with E-state index in [4.69, 9.17) is 0 Å². The molecule has 0 spiro atoms. The lowest BCUT2D eigenvalue weighted by Crippen LogP contribution is -3.10. The average molecular weight is 384 g/mol. The molecular formula is C20H22N3O3S+. The summed E-state index contributed by atoms with van der Waals surface area (Å²) in [6, 6.07) is 14.5. The minimum absolute atomic E-state index is 0.101. The molecule has 0 aliphatic carbocycles. The quantitative estimate of drug-likeness (QED) is 0.555. The number of benzene rings is 2. The number of likely N-dealkylation sites (N-methyl/N-ethyl adjacent to an activating group) is 1. The first kappa shape index (κ1) is 19.1. The van der Waals surface area contributed by atoms with Gasteiger partial charge in [-0.25, -0.2) is 0 Å². The number of para-hydroxylation sites is 1. The van der Waals surface area contributed by atoms with Gasteiger partial charge in [0.2, 0.25) is 0 Å². The fourth-order valence-electron chi connectivity index (χ4n) is 3.05. The smallest absolute Gasteiger partial charge is 0.279 e. The molecule has 3 rings (SSSR count). The van der Waals surface area contributed by atoms with Gasteiger partial charge in [-0.2, -0.15) is 0 Å². The van der Waals surface area contributed by atoms with Crippen LogP contribution < -0.4 is 10.2 Å². The van der Waals surface area contributed by atoms with Crippen molar-refractivity contribution in [3.05, 3.63) is 59.7 Å². The number of amides is 3. The highest BCUT2D eigenvalue weighted by molar-refractivity contribution is 7.98. The highest BCUT2D eigenvalue weighted by Crippen LogP contribution is 2.24. The van der Waals surface area contributed by atoms with E-state index in [0.717, 1.165) is 15.5 Å². The van der Waals surface area contributed by atoms with Crippen molar-refractivity contribution in [3.8, 4) is 0 Å². The lowest BCUT2D eigenvalue weighted by molar-refractivity contribution is -0.870. The molecule has 1 atom stereocenters. The van der Waals surface area contributed by atoms with E-state index in [9.17, 15) is 14.4 Å². The van der Waals surface area contributed by atoms with Crippen molar-refractivity contribution in [2.24, 2.45) is 0 Å². The Kier molecular flexibility index (Phi) is 5.93. The summed E-state index contributed by atoms with van der Waals surface area (Å²) in [5.74, 6) is -0.625. The lowest BCUT2D eigenvalue weighted by atomic mass is 10.1. The molecule has 0 bridgehead atoms. The van der Waals surface area contributed by atoms with Crippen LogP contribution in [-0.2, 0) is 4.79 Å². The van der Waals surface area contributed by atoms with E-state index >= 15 is 0 Å². The maximum absolute atomic E-state index is 12.4. The molecule has 2 aromatic rings. The summed E-state index contributed by atoms with van der Waals surface area (Å²) in [6.45, 7) is 1.04. The molecule has 6 nitrogen and oxygen atoms in total. The van der Waals surface area contributed by atoms with E-state index < -0.39 is 0 Å². The second-order valence-corrected chi connectivity index (χ2v) is 7.29. The normalized spacial score (nSPS) is 14.2. The fraction of sp³-hybridized carbons (Fsp3) is 0.250. The summed E-state index contributed by atoms with van der Waals surface area (Å²) in [5, 5.41) is 2.92. The number of rotatable bonds is 7. The van der Waals surface area contributed by atoms with Crippen molar-refractivity contribution in [2.75, 3.05) is 38.3 Å². The van der Waals surface area contributed by atoms with Gasteiger partial charge in [-0.05, 0) is 30.5 Å². The zero-order valence-corrected chi connectivity index (χ0v) is 16.1. The van der Waals surface area contributed by atoms with E-state index in [2.05, 4.69) is 5.32 Å². The zero-order valence-electron chi connectivity index (χ0n) is 15.3. The summed E-state index contributed by atoms with van der Waals surface area (Å²) >= 11 is 1.57. The van der Waals surface area contributed by atoms with Crippen LogP contribution >= 0.6 is 11.8 Å². The van der Waals surface area contributed by atoms with Crippen molar-refractivity contribution in [1.82, 2.24) is 4.90 Å². The summed E-state index contributed by atoms with van der Waals surface area (Å²) < 4.78 is 0. The molecule has 0 saturated heterocycles. The number of anilines is 1. The number of carbonyl (C=O) groups excluding carboxylic acids is 3. The van der Waals surface area contributed by atoms with Gasteiger partial charge in [0.15, 0.2) is 6.54 Å². The van der Waals surface area contributed by atoms with Gasteiger partial charge >= 0.3 is 0 Å². The van der Waals surface area contributed by atoms with Crippen LogP contribution in [0.4, 0.5) is 5.69 Å². The maximum Gasteiger partial charge on any atom is 0.279 e. The number of hydrogen-bond donors (Lipinski definition) is 2. The molecule has 2 aromatic carbocycles. The zero-order chi connectivity index (χ0) is 19.4. The van der Waals surface area contributed by atoms with Gasteiger partial charge in [-0.15, -0.1) is 11.8 Å². The van der Waals surface area contributed by atoms with Crippen molar-refractivity contribution < 1.29 is 19.3 Å². The van der Waals surface area contributed by atoms with Gasteiger partial charge in [0, 0.05) is 4.90 Å². The molecular weight excluding hydrogens is 362 g/mol. The second kappa shape index (κ2) is 8.37. The predicted molar refractivity (Wildman–Crippen MR) is 105 cm³/mol. The number of fused-ring (bicyclic) bond motifs is 1. The van der Waals surface area contributed by atoms with Crippen molar-refractivity contribution in [3.63, 3.8) is 0 Å². The average Bonchev–Trinajstić information content (AvgIpc) is 2.91. The van der Waals surface area contributed by atoms with Gasteiger partial charge in [0.25, 0.3) is 17.7 Å². The molecule has 0 saturated carbocycles. The minimum Gasteiger partial charge on any atom is -0.328 e. The molecule has 0 fully saturated rings. The Morgan fingerprint density at radius 1 is 1.04 bits per heavy atom. The Balaban J connectivity index is 1.53. The highest BCUT2D eigenvalue weighted by Gasteiger charge is 2.35. The van der Waals surface area contributed by atoms with E-state index in [1.54, 1.807) is 36.0 Å². The molecule has 27 heavy (non-hydrogen) atoms. The summed E-state index contributed by atoms with van der Waals surface area (Å²) in [5.41, 5.74) is 1.70. The van der Waals surface area contributed by atoms with Gasteiger partial charge in [-0.1, -0.05) is 24.3 Å². The molecule has 1 aliphatic heterocycles. The SMILES string of the molecule is CSc1ccccc1NC(=O)C[NH+](C)CCN1C(=O)c2ccccc2C1=O. The van der Waals surface area contributed by atoms with Gasteiger partial charge in [0.1, 0.15) is 0 Å². The van der Waals surface area contributed by atoms with Crippen LogP contribution in [0.1, 0.15) is 20.7 Å². The molecule has 1 unspecified atom stereocenters. The number of imide groups is 1. The number of nitrogens with zero attached hydrogens (tertiary/aromatic N) is 1. The van der Waals surface area contributed by atoms with Crippen molar-refractivity contribution in [2.45, 2.75) is 4.90 Å². The first-order valence-electron chi connectivity index (χ1n) is 8.70. The third-order valence-electron chi connectivity index (χ3n) is 4.48. The van der Waals surface area contributed by atoms with Crippen LogP contribution in [0.2, 0.25) is 0 Å². The van der Waals surface area contributed by atoms with E-state index in [0.29, 0.717) is 17.7 Å². The Morgan fingerprint density at radius 2 is 1.63 bits per heavy atom. The van der Waals surface area contributed by atoms with Crippen LogP contribution in [0.5, 0.6) is 0 Å². The van der Waals surface area contributed by atoms with E-state index in [1.807, 2.05) is 37.6 Å². The summed E-state index contributed by atoms with van der Waals surface area (Å²) in [4.78, 5) is 40.2. The van der Waals surface area contributed by atoms with Crippen LogP contribution in [0.25, 0.3) is 0 Å². The number of quaternary nitrogens is 1. The fourth-order valence-corrected chi connectivity index (χ4v) is 3.60. The van der Waals surface area contributed by atoms with Gasteiger partial charge in [0.05, 0.1) is 37.0 Å². The van der Waals surface area contributed by atoms with Crippen molar-refractivity contribution >= 4 is 35.2 Å². The maximum atomic E-state index is 12.4. The van der Waals surface area contributed by atoms with Crippen molar-refractivity contribution in [1.29, 1.82) is 0 Å². The largest absolute Gasteiger partial charge is 0.328 e. The molecule has 1 heterocycles. The van der Waals surface area contributed by atoms with E-state index in [-0.39, 0.29) is 30.8 Å². The number of nitrogens with one attached hydrogen (secondary N) is 2. The molecule has 3 amide bonds. The van der Waals surface area contributed by atoms with Crippen LogP contribution in [-0.4, -0.2) is 55.6 Å². The summed E-state index contributed by atoms with van der Waals surface area (Å²) in [6.07, 6.45) is 1.96. The molecule has 2 N–H and O–H groups in total. The Labute approximate surface area is 162 Å². The molecule has 0 radical (unpaired) electrons. The molecule has 140 valence electrons. The third-order valence-corrected chi connectivity index (χ3v) is 5.28. The van der Waals surface area contributed by atoms with Gasteiger partial charge in [-0.3, -0.25) is 19.3 Å². The standard InChI is InChI=1S/C20H21N3O3S/c1-22(13-18(24)21-16-9-5-6-10-17(16)27-2)11-12-23-19(25)14-7-3-4-8-15(14)20(23)26/h3-10H,11-13H2,1-2H3,(H,21,24)/p+1. The van der Waals surface area contributed by atoms with Crippen LogP contribution in [0, 0.1) is 0 Å². The number of carbonyl (C=O) groups is 3. The highest BCUT2D eigenvalue weighted by atomic mass is 32.2. The topological polar surface area (TPSA) is 70.9 Å². The first-order chi connectivity index (χ1) is 13.0. The Bertz CT molecular complexity index is 849. The van der Waals surface area contributed by atoms with Crippen LogP contribution in [0.15, 0.2) is 53.4 Å². The number of hydrogen-bond acceptors (Lipinski definition) is 4. The van der Waals surface area contributed by atoms with Crippen LogP contribution in [0.3, 0.4) is 0 Å². The lowest BCUT2D eigenvalue weighted by Gasteiger charge is -2.18. The molecule has 0 aromatic heterocycles. The predicted octanol–water partition coefficient (Wildman–Crippen LogP) is 1.16. The minimum atomic E-state index is -0.262. The Morgan fingerprint density at radius 3 is 2.26 bits per heavy atom.